The third kappa shape index (κ3) is 4.21. The maximum absolute atomic E-state index is 13.1. The standard InChI is InChI=1S/C22H31N3O3/c1-4-12-24(13-5-2)20(26)15-25-19-14-17(28-3)10-11-18(19)21(23-25)22(27)16-8-6-7-9-16/h10-11,14,16H,4-9,12-13,15H2,1-3H3. The third-order valence-electron chi connectivity index (χ3n) is 5.54. The zero-order valence-electron chi connectivity index (χ0n) is 17.2. The Bertz CT molecular complexity index is 831. The number of carbonyl (C=O) groups excluding carboxylic acids is 2. The van der Waals surface area contributed by atoms with Gasteiger partial charge in [-0.05, 0) is 37.8 Å². The molecule has 1 heterocycles. The molecule has 28 heavy (non-hydrogen) atoms. The predicted molar refractivity (Wildman–Crippen MR) is 110 cm³/mol. The van der Waals surface area contributed by atoms with E-state index in [1.807, 2.05) is 23.1 Å². The van der Waals surface area contributed by atoms with Gasteiger partial charge >= 0.3 is 0 Å². The van der Waals surface area contributed by atoms with Crippen LogP contribution in [0, 0.1) is 5.92 Å². The van der Waals surface area contributed by atoms with Crippen molar-refractivity contribution in [1.82, 2.24) is 14.7 Å². The van der Waals surface area contributed by atoms with E-state index in [2.05, 4.69) is 18.9 Å². The summed E-state index contributed by atoms with van der Waals surface area (Å²) >= 11 is 0. The lowest BCUT2D eigenvalue weighted by Crippen LogP contribution is -2.35. The Kier molecular flexibility index (Phi) is 6.70. The van der Waals surface area contributed by atoms with E-state index < -0.39 is 0 Å². The second kappa shape index (κ2) is 9.22. The number of hydrogen-bond donors (Lipinski definition) is 0. The van der Waals surface area contributed by atoms with E-state index in [0.717, 1.165) is 62.5 Å². The molecule has 0 unspecified atom stereocenters. The molecule has 6 heteroatoms. The van der Waals surface area contributed by atoms with Crippen molar-refractivity contribution in [3.8, 4) is 5.75 Å². The van der Waals surface area contributed by atoms with Crippen molar-refractivity contribution in [2.75, 3.05) is 20.2 Å². The topological polar surface area (TPSA) is 64.4 Å². The Labute approximate surface area is 166 Å². The van der Waals surface area contributed by atoms with Crippen LogP contribution in [0.1, 0.15) is 62.9 Å². The van der Waals surface area contributed by atoms with Crippen molar-refractivity contribution in [1.29, 1.82) is 0 Å². The maximum atomic E-state index is 13.1. The molecule has 1 fully saturated rings. The van der Waals surface area contributed by atoms with Crippen LogP contribution < -0.4 is 4.74 Å². The minimum atomic E-state index is 0.0378. The zero-order chi connectivity index (χ0) is 20.1. The summed E-state index contributed by atoms with van der Waals surface area (Å²) in [5.74, 6) is 0.898. The lowest BCUT2D eigenvalue weighted by atomic mass is 9.98. The first kappa shape index (κ1) is 20.4. The number of Topliss-reactive ketones (excluding diaryl/α,β-unsaturated/α-hetero) is 1. The highest BCUT2D eigenvalue weighted by atomic mass is 16.5. The molecule has 0 aliphatic heterocycles. The van der Waals surface area contributed by atoms with Gasteiger partial charge in [-0.2, -0.15) is 5.10 Å². The van der Waals surface area contributed by atoms with Gasteiger partial charge in [0.15, 0.2) is 5.78 Å². The lowest BCUT2D eigenvalue weighted by molar-refractivity contribution is -0.132. The number of carbonyl (C=O) groups is 2. The van der Waals surface area contributed by atoms with Gasteiger partial charge in [0.05, 0.1) is 12.6 Å². The summed E-state index contributed by atoms with van der Waals surface area (Å²) in [4.78, 5) is 27.8. The molecular formula is C22H31N3O3. The van der Waals surface area contributed by atoms with Crippen LogP contribution in [0.15, 0.2) is 18.2 Å². The highest BCUT2D eigenvalue weighted by Crippen LogP contribution is 2.31. The number of methoxy groups -OCH3 is 1. The molecule has 1 aromatic heterocycles. The minimum Gasteiger partial charge on any atom is -0.497 e. The summed E-state index contributed by atoms with van der Waals surface area (Å²) in [6.45, 7) is 5.76. The Balaban J connectivity index is 1.96. The second-order valence-corrected chi connectivity index (χ2v) is 7.62. The molecule has 2 aromatic rings. The van der Waals surface area contributed by atoms with Gasteiger partial charge < -0.3 is 9.64 Å². The predicted octanol–water partition coefficient (Wildman–Crippen LogP) is 4.07. The number of hydrogen-bond acceptors (Lipinski definition) is 4. The normalized spacial score (nSPS) is 14.5. The molecule has 152 valence electrons. The van der Waals surface area contributed by atoms with Crippen LogP contribution in [-0.2, 0) is 11.3 Å². The molecule has 0 N–H and O–H groups in total. The summed E-state index contributed by atoms with van der Waals surface area (Å²) < 4.78 is 7.04. The number of ketones is 1. The first-order chi connectivity index (χ1) is 13.6. The molecule has 0 radical (unpaired) electrons. The molecule has 0 spiro atoms. The number of nitrogens with zero attached hydrogens (tertiary/aromatic N) is 3. The number of benzene rings is 1. The highest BCUT2D eigenvalue weighted by molar-refractivity contribution is 6.07. The van der Waals surface area contributed by atoms with E-state index in [0.29, 0.717) is 11.4 Å². The smallest absolute Gasteiger partial charge is 0.244 e. The first-order valence-corrected chi connectivity index (χ1v) is 10.5. The molecule has 0 atom stereocenters. The molecule has 3 rings (SSSR count). The average molecular weight is 386 g/mol. The van der Waals surface area contributed by atoms with Crippen molar-refractivity contribution in [2.45, 2.75) is 58.9 Å². The van der Waals surface area contributed by atoms with Crippen molar-refractivity contribution in [3.05, 3.63) is 23.9 Å². The van der Waals surface area contributed by atoms with Crippen molar-refractivity contribution >= 4 is 22.6 Å². The largest absolute Gasteiger partial charge is 0.497 e. The van der Waals surface area contributed by atoms with Crippen LogP contribution in [0.5, 0.6) is 5.75 Å². The number of rotatable bonds is 9. The average Bonchev–Trinajstić information content (AvgIpc) is 3.35. The molecule has 1 amide bonds. The summed E-state index contributed by atoms with van der Waals surface area (Å²) in [6.07, 6.45) is 5.91. The van der Waals surface area contributed by atoms with Crippen LogP contribution in [0.2, 0.25) is 0 Å². The monoisotopic (exact) mass is 385 g/mol. The molecule has 1 aliphatic rings. The van der Waals surface area contributed by atoms with Gasteiger partial charge in [0.2, 0.25) is 5.91 Å². The summed E-state index contributed by atoms with van der Waals surface area (Å²) in [7, 11) is 1.61. The molecule has 6 nitrogen and oxygen atoms in total. The van der Waals surface area contributed by atoms with Gasteiger partial charge in [-0.1, -0.05) is 26.7 Å². The molecule has 1 aliphatic carbocycles. The van der Waals surface area contributed by atoms with E-state index in [1.54, 1.807) is 11.8 Å². The van der Waals surface area contributed by atoms with E-state index in [4.69, 9.17) is 4.74 Å². The van der Waals surface area contributed by atoms with Crippen LogP contribution in [0.25, 0.3) is 10.9 Å². The second-order valence-electron chi connectivity index (χ2n) is 7.62. The van der Waals surface area contributed by atoms with Crippen LogP contribution in [0.3, 0.4) is 0 Å². The van der Waals surface area contributed by atoms with Gasteiger partial charge in [-0.3, -0.25) is 14.3 Å². The van der Waals surface area contributed by atoms with Gasteiger partial charge in [-0.15, -0.1) is 0 Å². The van der Waals surface area contributed by atoms with Gasteiger partial charge in [0, 0.05) is 30.5 Å². The van der Waals surface area contributed by atoms with Gasteiger partial charge in [0.1, 0.15) is 18.0 Å². The van der Waals surface area contributed by atoms with Crippen LogP contribution >= 0.6 is 0 Å². The third-order valence-corrected chi connectivity index (χ3v) is 5.54. The van der Waals surface area contributed by atoms with E-state index in [-0.39, 0.29) is 24.2 Å². The lowest BCUT2D eigenvalue weighted by Gasteiger charge is -2.21. The maximum Gasteiger partial charge on any atom is 0.244 e. The molecule has 1 aromatic carbocycles. The first-order valence-electron chi connectivity index (χ1n) is 10.5. The number of aromatic nitrogens is 2. The molecular weight excluding hydrogens is 354 g/mol. The SMILES string of the molecule is CCCN(CCC)C(=O)Cn1nc(C(=O)C2CCCC2)c2ccc(OC)cc21. The highest BCUT2D eigenvalue weighted by Gasteiger charge is 2.28. The van der Waals surface area contributed by atoms with Gasteiger partial charge in [0.25, 0.3) is 0 Å². The fraction of sp³-hybridized carbons (Fsp3) is 0.591. The Hall–Kier alpha value is -2.37. The Morgan fingerprint density at radius 2 is 1.86 bits per heavy atom. The van der Waals surface area contributed by atoms with Crippen LogP contribution in [0.4, 0.5) is 0 Å². The van der Waals surface area contributed by atoms with E-state index in [9.17, 15) is 9.59 Å². The minimum absolute atomic E-state index is 0.0378. The quantitative estimate of drug-likeness (QED) is 0.611. The number of amides is 1. The Morgan fingerprint density at radius 1 is 1.18 bits per heavy atom. The fourth-order valence-electron chi connectivity index (χ4n) is 4.09. The zero-order valence-corrected chi connectivity index (χ0v) is 17.2. The molecule has 0 bridgehead atoms. The summed E-state index contributed by atoms with van der Waals surface area (Å²) in [5, 5.41) is 5.42. The number of ether oxygens (including phenoxy) is 1. The van der Waals surface area contributed by atoms with Crippen molar-refractivity contribution in [3.63, 3.8) is 0 Å². The summed E-state index contributed by atoms with van der Waals surface area (Å²) in [5.41, 5.74) is 1.27. The van der Waals surface area contributed by atoms with Crippen LogP contribution in [-0.4, -0.2) is 46.6 Å². The number of fused-ring (bicyclic) bond motifs is 1. The van der Waals surface area contributed by atoms with E-state index >= 15 is 0 Å². The Morgan fingerprint density at radius 3 is 2.46 bits per heavy atom. The summed E-state index contributed by atoms with van der Waals surface area (Å²) in [6, 6.07) is 5.60. The molecule has 1 saturated carbocycles. The fourth-order valence-corrected chi connectivity index (χ4v) is 4.09. The van der Waals surface area contributed by atoms with Crippen molar-refractivity contribution in [2.24, 2.45) is 5.92 Å². The van der Waals surface area contributed by atoms with E-state index in [1.165, 1.54) is 0 Å². The van der Waals surface area contributed by atoms with Gasteiger partial charge in [-0.25, -0.2) is 0 Å². The molecule has 0 saturated heterocycles. The van der Waals surface area contributed by atoms with Crippen molar-refractivity contribution < 1.29 is 14.3 Å².